The van der Waals surface area contributed by atoms with Crippen LogP contribution in [0, 0.1) is 19.3 Å². The molecule has 0 aliphatic heterocycles. The summed E-state index contributed by atoms with van der Waals surface area (Å²) in [5.74, 6) is 8.22. The molecule has 1 unspecified atom stereocenters. The summed E-state index contributed by atoms with van der Waals surface area (Å²) in [7, 11) is 0. The highest BCUT2D eigenvalue weighted by Crippen LogP contribution is 2.12. The van der Waals surface area contributed by atoms with Crippen molar-refractivity contribution in [3.63, 3.8) is 0 Å². The zero-order chi connectivity index (χ0) is 12.5. The Morgan fingerprint density at radius 3 is 2.76 bits per heavy atom. The molecule has 0 radical (unpaired) electrons. The third-order valence-corrected chi connectivity index (χ3v) is 3.13. The highest BCUT2D eigenvalue weighted by atomic mass is 15.2. The van der Waals surface area contributed by atoms with Crippen LogP contribution in [0.3, 0.4) is 0 Å². The van der Waals surface area contributed by atoms with Crippen LogP contribution in [0.4, 0.5) is 0 Å². The summed E-state index contributed by atoms with van der Waals surface area (Å²) in [6.07, 6.45) is 10.3. The SMILES string of the molecule is C#CCCCC(CCc1ccccc1C)NN. The van der Waals surface area contributed by atoms with E-state index in [1.807, 2.05) is 0 Å². The Hall–Kier alpha value is -1.30. The molecule has 0 fully saturated rings. The lowest BCUT2D eigenvalue weighted by atomic mass is 9.99. The van der Waals surface area contributed by atoms with Gasteiger partial charge in [-0.1, -0.05) is 24.3 Å². The second-order valence-corrected chi connectivity index (χ2v) is 4.43. The first kappa shape index (κ1) is 13.8. The van der Waals surface area contributed by atoms with Crippen LogP contribution in [-0.4, -0.2) is 6.04 Å². The second-order valence-electron chi connectivity index (χ2n) is 4.43. The van der Waals surface area contributed by atoms with Crippen molar-refractivity contribution in [2.75, 3.05) is 0 Å². The second kappa shape index (κ2) is 7.89. The summed E-state index contributed by atoms with van der Waals surface area (Å²) >= 11 is 0. The quantitative estimate of drug-likeness (QED) is 0.327. The van der Waals surface area contributed by atoms with Crippen LogP contribution >= 0.6 is 0 Å². The highest BCUT2D eigenvalue weighted by molar-refractivity contribution is 5.25. The number of terminal acetylenes is 1. The van der Waals surface area contributed by atoms with Gasteiger partial charge >= 0.3 is 0 Å². The maximum atomic E-state index is 5.56. The fraction of sp³-hybridized carbons (Fsp3) is 0.467. The first-order valence-electron chi connectivity index (χ1n) is 6.22. The van der Waals surface area contributed by atoms with E-state index in [4.69, 9.17) is 12.3 Å². The third kappa shape index (κ3) is 5.04. The van der Waals surface area contributed by atoms with Gasteiger partial charge in [-0.05, 0) is 43.7 Å². The van der Waals surface area contributed by atoms with Gasteiger partial charge in [0.15, 0.2) is 0 Å². The summed E-state index contributed by atoms with van der Waals surface area (Å²) in [6.45, 7) is 2.15. The molecule has 1 rings (SSSR count). The molecule has 0 saturated carbocycles. The monoisotopic (exact) mass is 230 g/mol. The van der Waals surface area contributed by atoms with Crippen LogP contribution in [-0.2, 0) is 6.42 Å². The fourth-order valence-electron chi connectivity index (χ4n) is 1.98. The zero-order valence-corrected chi connectivity index (χ0v) is 10.6. The van der Waals surface area contributed by atoms with Crippen molar-refractivity contribution < 1.29 is 0 Å². The highest BCUT2D eigenvalue weighted by Gasteiger charge is 2.07. The van der Waals surface area contributed by atoms with Gasteiger partial charge in [0.1, 0.15) is 0 Å². The van der Waals surface area contributed by atoms with Crippen molar-refractivity contribution >= 4 is 0 Å². The van der Waals surface area contributed by atoms with Crippen LogP contribution in [0.15, 0.2) is 24.3 Å². The maximum Gasteiger partial charge on any atom is 0.0214 e. The Balaban J connectivity index is 2.37. The van der Waals surface area contributed by atoms with E-state index in [-0.39, 0.29) is 0 Å². The van der Waals surface area contributed by atoms with E-state index < -0.39 is 0 Å². The van der Waals surface area contributed by atoms with Crippen molar-refractivity contribution in [2.24, 2.45) is 5.84 Å². The molecule has 2 nitrogen and oxygen atoms in total. The molecule has 0 spiro atoms. The summed E-state index contributed by atoms with van der Waals surface area (Å²) in [5, 5.41) is 0. The van der Waals surface area contributed by atoms with Crippen molar-refractivity contribution in [1.29, 1.82) is 0 Å². The number of nitrogens with one attached hydrogen (secondary N) is 1. The molecule has 0 aliphatic rings. The molecule has 0 aromatic heterocycles. The Labute approximate surface area is 105 Å². The van der Waals surface area contributed by atoms with Crippen molar-refractivity contribution in [2.45, 2.75) is 45.1 Å². The molecule has 1 atom stereocenters. The number of rotatable bonds is 7. The molecule has 1 aromatic carbocycles. The normalized spacial score (nSPS) is 12.1. The lowest BCUT2D eigenvalue weighted by molar-refractivity contribution is 0.454. The van der Waals surface area contributed by atoms with E-state index in [0.717, 1.165) is 32.1 Å². The molecule has 92 valence electrons. The summed E-state index contributed by atoms with van der Waals surface area (Å²) < 4.78 is 0. The molecule has 2 heteroatoms. The van der Waals surface area contributed by atoms with Gasteiger partial charge in [-0.3, -0.25) is 11.3 Å². The minimum atomic E-state index is 0.364. The van der Waals surface area contributed by atoms with E-state index in [1.54, 1.807) is 0 Å². The van der Waals surface area contributed by atoms with Crippen molar-refractivity contribution in [3.05, 3.63) is 35.4 Å². The van der Waals surface area contributed by atoms with Gasteiger partial charge < -0.3 is 0 Å². The van der Waals surface area contributed by atoms with E-state index >= 15 is 0 Å². The van der Waals surface area contributed by atoms with Gasteiger partial charge in [0.25, 0.3) is 0 Å². The molecular weight excluding hydrogens is 208 g/mol. The smallest absolute Gasteiger partial charge is 0.0214 e. The molecule has 3 N–H and O–H groups in total. The fourth-order valence-corrected chi connectivity index (χ4v) is 1.98. The molecule has 0 saturated heterocycles. The topological polar surface area (TPSA) is 38.0 Å². The van der Waals surface area contributed by atoms with Crippen molar-refractivity contribution in [1.82, 2.24) is 5.43 Å². The van der Waals surface area contributed by atoms with E-state index in [0.29, 0.717) is 6.04 Å². The van der Waals surface area contributed by atoms with Crippen LogP contribution in [0.1, 0.15) is 36.8 Å². The standard InChI is InChI=1S/C15H22N2/c1-3-4-5-10-15(17-16)12-11-14-9-7-6-8-13(14)2/h1,6-9,15,17H,4-5,10-12,16H2,2H3. The van der Waals surface area contributed by atoms with E-state index in [9.17, 15) is 0 Å². The molecule has 0 aliphatic carbocycles. The molecule has 1 aromatic rings. The van der Waals surface area contributed by atoms with E-state index in [2.05, 4.69) is 42.5 Å². The Bertz CT molecular complexity index is 365. The number of nitrogens with two attached hydrogens (primary N) is 1. The van der Waals surface area contributed by atoms with Crippen LogP contribution in [0.5, 0.6) is 0 Å². The van der Waals surface area contributed by atoms with Crippen LogP contribution < -0.4 is 11.3 Å². The van der Waals surface area contributed by atoms with Gasteiger partial charge in [-0.2, -0.15) is 0 Å². The first-order valence-corrected chi connectivity index (χ1v) is 6.22. The molecule has 17 heavy (non-hydrogen) atoms. The van der Waals surface area contributed by atoms with Crippen molar-refractivity contribution in [3.8, 4) is 12.3 Å². The Kier molecular flexibility index (Phi) is 6.39. The molecular formula is C15H22N2. The van der Waals surface area contributed by atoms with Gasteiger partial charge in [-0.25, -0.2) is 0 Å². The average molecular weight is 230 g/mol. The largest absolute Gasteiger partial charge is 0.271 e. The van der Waals surface area contributed by atoms with Crippen LogP contribution in [0.2, 0.25) is 0 Å². The van der Waals surface area contributed by atoms with Gasteiger partial charge in [0.2, 0.25) is 0 Å². The number of aryl methyl sites for hydroxylation is 2. The lowest BCUT2D eigenvalue weighted by Gasteiger charge is -2.15. The number of hydrogen-bond donors (Lipinski definition) is 2. The predicted molar refractivity (Wildman–Crippen MR) is 73.3 cm³/mol. The summed E-state index contributed by atoms with van der Waals surface area (Å²) in [4.78, 5) is 0. The molecule has 0 heterocycles. The summed E-state index contributed by atoms with van der Waals surface area (Å²) in [5.41, 5.74) is 5.64. The number of benzene rings is 1. The van der Waals surface area contributed by atoms with Gasteiger partial charge in [0.05, 0.1) is 0 Å². The van der Waals surface area contributed by atoms with Gasteiger partial charge in [0, 0.05) is 12.5 Å². The average Bonchev–Trinajstić information content (AvgIpc) is 2.35. The van der Waals surface area contributed by atoms with Gasteiger partial charge in [-0.15, -0.1) is 12.3 Å². The van der Waals surface area contributed by atoms with E-state index in [1.165, 1.54) is 11.1 Å². The lowest BCUT2D eigenvalue weighted by Crippen LogP contribution is -2.35. The minimum absolute atomic E-state index is 0.364. The molecule has 0 bridgehead atoms. The Morgan fingerprint density at radius 2 is 2.12 bits per heavy atom. The Morgan fingerprint density at radius 1 is 1.35 bits per heavy atom. The summed E-state index contributed by atoms with van der Waals surface area (Å²) in [6, 6.07) is 8.86. The number of hydrogen-bond acceptors (Lipinski definition) is 2. The number of hydrazine groups is 1. The predicted octanol–water partition coefficient (Wildman–Crippen LogP) is 2.56. The third-order valence-electron chi connectivity index (χ3n) is 3.13. The number of unbranched alkanes of at least 4 members (excludes halogenated alkanes) is 1. The zero-order valence-electron chi connectivity index (χ0n) is 10.6. The molecule has 0 amide bonds. The van der Waals surface area contributed by atoms with Crippen LogP contribution in [0.25, 0.3) is 0 Å². The first-order chi connectivity index (χ1) is 8.27. The maximum absolute atomic E-state index is 5.56. The minimum Gasteiger partial charge on any atom is -0.271 e.